The van der Waals surface area contributed by atoms with Crippen LogP contribution in [0.15, 0.2) is 42.7 Å². The second-order valence-corrected chi connectivity index (χ2v) is 8.82. The zero-order valence-electron chi connectivity index (χ0n) is 15.0. The van der Waals surface area contributed by atoms with Crippen molar-refractivity contribution < 1.29 is 13.2 Å². The number of aryl methyl sites for hydroxylation is 1. The molecule has 0 saturated carbocycles. The van der Waals surface area contributed by atoms with Crippen LogP contribution in [-0.4, -0.2) is 43.4 Å². The molecule has 1 fully saturated rings. The van der Waals surface area contributed by atoms with E-state index in [4.69, 9.17) is 0 Å². The molecule has 1 aromatic carbocycles. The molecule has 138 valence electrons. The van der Waals surface area contributed by atoms with Crippen molar-refractivity contribution in [2.45, 2.75) is 26.3 Å². The number of hydrogen-bond donors (Lipinski definition) is 1. The molecule has 1 atom stereocenters. The summed E-state index contributed by atoms with van der Waals surface area (Å²) in [5, 5.41) is 2.81. The molecule has 0 bridgehead atoms. The minimum atomic E-state index is -3.03. The number of anilines is 2. The lowest BCUT2D eigenvalue weighted by Crippen LogP contribution is -2.35. The predicted octanol–water partition coefficient (Wildman–Crippen LogP) is 2.46. The summed E-state index contributed by atoms with van der Waals surface area (Å²) in [6.07, 6.45) is 3.70. The van der Waals surface area contributed by atoms with Gasteiger partial charge in [0.05, 0.1) is 29.0 Å². The molecule has 0 radical (unpaired) electrons. The van der Waals surface area contributed by atoms with Gasteiger partial charge in [-0.1, -0.05) is 12.1 Å². The number of pyridine rings is 1. The molecule has 0 aliphatic carbocycles. The average molecular weight is 373 g/mol. The summed E-state index contributed by atoms with van der Waals surface area (Å²) in [5.74, 6) is -0.148. The number of rotatable bonds is 5. The van der Waals surface area contributed by atoms with Crippen LogP contribution in [0.4, 0.5) is 11.4 Å². The van der Waals surface area contributed by atoms with Crippen molar-refractivity contribution in [3.8, 4) is 0 Å². The number of carbonyl (C=O) groups is 1. The van der Waals surface area contributed by atoms with Gasteiger partial charge in [0.1, 0.15) is 0 Å². The molecule has 26 heavy (non-hydrogen) atoms. The molecule has 2 aromatic rings. The van der Waals surface area contributed by atoms with Crippen LogP contribution < -0.4 is 10.2 Å². The normalized spacial score (nSPS) is 18.5. The number of sulfone groups is 1. The monoisotopic (exact) mass is 373 g/mol. The number of benzene rings is 1. The Hall–Kier alpha value is -2.41. The van der Waals surface area contributed by atoms with Gasteiger partial charge in [0.2, 0.25) is 0 Å². The van der Waals surface area contributed by atoms with E-state index in [0.29, 0.717) is 12.0 Å². The molecule has 7 heteroatoms. The maximum atomic E-state index is 12.5. The van der Waals surface area contributed by atoms with Gasteiger partial charge in [-0.3, -0.25) is 9.78 Å². The molecule has 1 aromatic heterocycles. The topological polar surface area (TPSA) is 79.4 Å². The number of amides is 1. The third-order valence-electron chi connectivity index (χ3n) is 4.49. The molecule has 3 rings (SSSR count). The van der Waals surface area contributed by atoms with Crippen molar-refractivity contribution in [2.75, 3.05) is 23.0 Å². The summed E-state index contributed by atoms with van der Waals surface area (Å²) < 4.78 is 23.1. The standard InChI is InChI=1S/C19H23N3O3S/c1-3-22(17-6-4-5-14(2)9-17)18-10-15(11-20-12-18)19(23)21-16-7-8-26(24,25)13-16/h4-6,9-12,16H,3,7-8,13H2,1-2H3,(H,21,23). The highest BCUT2D eigenvalue weighted by atomic mass is 32.2. The number of nitrogens with zero attached hydrogens (tertiary/aromatic N) is 2. The van der Waals surface area contributed by atoms with Gasteiger partial charge >= 0.3 is 0 Å². The second kappa shape index (κ2) is 7.45. The minimum Gasteiger partial charge on any atom is -0.348 e. The molecule has 1 saturated heterocycles. The Kier molecular flexibility index (Phi) is 5.27. The first-order chi connectivity index (χ1) is 12.4. The summed E-state index contributed by atoms with van der Waals surface area (Å²) in [4.78, 5) is 18.8. The Morgan fingerprint density at radius 2 is 2.08 bits per heavy atom. The smallest absolute Gasteiger partial charge is 0.253 e. The van der Waals surface area contributed by atoms with Crippen LogP contribution in [0.2, 0.25) is 0 Å². The number of nitrogens with one attached hydrogen (secondary N) is 1. The highest BCUT2D eigenvalue weighted by molar-refractivity contribution is 7.91. The minimum absolute atomic E-state index is 0.0102. The molecule has 1 unspecified atom stereocenters. The highest BCUT2D eigenvalue weighted by Crippen LogP contribution is 2.26. The zero-order chi connectivity index (χ0) is 18.7. The molecular weight excluding hydrogens is 350 g/mol. The van der Waals surface area contributed by atoms with E-state index >= 15 is 0 Å². The quantitative estimate of drug-likeness (QED) is 0.871. The van der Waals surface area contributed by atoms with E-state index in [-0.39, 0.29) is 23.5 Å². The molecule has 1 amide bonds. The van der Waals surface area contributed by atoms with Crippen LogP contribution in [-0.2, 0) is 9.84 Å². The molecule has 1 aliphatic heterocycles. The maximum absolute atomic E-state index is 12.5. The van der Waals surface area contributed by atoms with Gasteiger partial charge in [0.15, 0.2) is 9.84 Å². The number of aromatic nitrogens is 1. The van der Waals surface area contributed by atoms with E-state index in [1.54, 1.807) is 12.3 Å². The Balaban J connectivity index is 1.80. The molecule has 6 nitrogen and oxygen atoms in total. The van der Waals surface area contributed by atoms with E-state index < -0.39 is 9.84 Å². The molecular formula is C19H23N3O3S. The van der Waals surface area contributed by atoms with Crippen LogP contribution in [0.3, 0.4) is 0 Å². The van der Waals surface area contributed by atoms with Gasteiger partial charge in [0, 0.05) is 24.5 Å². The predicted molar refractivity (Wildman–Crippen MR) is 103 cm³/mol. The Bertz CT molecular complexity index is 912. The van der Waals surface area contributed by atoms with Gasteiger partial charge in [-0.2, -0.15) is 0 Å². The largest absolute Gasteiger partial charge is 0.348 e. The lowest BCUT2D eigenvalue weighted by molar-refractivity contribution is 0.0941. The number of carbonyl (C=O) groups excluding carboxylic acids is 1. The SMILES string of the molecule is CCN(c1cccc(C)c1)c1cncc(C(=O)NC2CCS(=O)(=O)C2)c1. The molecule has 1 N–H and O–H groups in total. The van der Waals surface area contributed by atoms with Gasteiger partial charge in [-0.05, 0) is 44.0 Å². The summed E-state index contributed by atoms with van der Waals surface area (Å²) in [6.45, 7) is 4.81. The van der Waals surface area contributed by atoms with Crippen molar-refractivity contribution in [1.82, 2.24) is 10.3 Å². The molecule has 1 aliphatic rings. The fourth-order valence-electron chi connectivity index (χ4n) is 3.19. The van der Waals surface area contributed by atoms with Crippen LogP contribution in [0.1, 0.15) is 29.3 Å². The van der Waals surface area contributed by atoms with Gasteiger partial charge in [-0.15, -0.1) is 0 Å². The van der Waals surface area contributed by atoms with E-state index in [9.17, 15) is 13.2 Å². The summed E-state index contributed by atoms with van der Waals surface area (Å²) in [6, 6.07) is 9.60. The lowest BCUT2D eigenvalue weighted by atomic mass is 10.1. The maximum Gasteiger partial charge on any atom is 0.253 e. The van der Waals surface area contributed by atoms with E-state index in [2.05, 4.69) is 21.3 Å². The van der Waals surface area contributed by atoms with Gasteiger partial charge in [-0.25, -0.2) is 8.42 Å². The van der Waals surface area contributed by atoms with Crippen LogP contribution in [0.25, 0.3) is 0 Å². The summed E-state index contributed by atoms with van der Waals surface area (Å²) >= 11 is 0. The van der Waals surface area contributed by atoms with Crippen LogP contribution in [0, 0.1) is 6.92 Å². The first kappa shape index (κ1) is 18.4. The first-order valence-electron chi connectivity index (χ1n) is 8.68. The van der Waals surface area contributed by atoms with Crippen molar-refractivity contribution >= 4 is 27.1 Å². The van der Waals surface area contributed by atoms with Crippen LogP contribution >= 0.6 is 0 Å². The van der Waals surface area contributed by atoms with E-state index in [0.717, 1.165) is 23.5 Å². The van der Waals surface area contributed by atoms with Crippen molar-refractivity contribution in [2.24, 2.45) is 0 Å². The van der Waals surface area contributed by atoms with E-state index in [1.807, 2.05) is 32.0 Å². The molecule has 0 spiro atoms. The van der Waals surface area contributed by atoms with Crippen molar-refractivity contribution in [3.63, 3.8) is 0 Å². The number of hydrogen-bond acceptors (Lipinski definition) is 5. The summed E-state index contributed by atoms with van der Waals surface area (Å²) in [7, 11) is -3.03. The third-order valence-corrected chi connectivity index (χ3v) is 6.26. The lowest BCUT2D eigenvalue weighted by Gasteiger charge is -2.24. The average Bonchev–Trinajstić information content (AvgIpc) is 2.94. The fraction of sp³-hybridized carbons (Fsp3) is 0.368. The Morgan fingerprint density at radius 3 is 2.73 bits per heavy atom. The third kappa shape index (κ3) is 4.22. The van der Waals surface area contributed by atoms with Gasteiger partial charge in [0.25, 0.3) is 5.91 Å². The first-order valence-corrected chi connectivity index (χ1v) is 10.5. The highest BCUT2D eigenvalue weighted by Gasteiger charge is 2.29. The molecule has 2 heterocycles. The van der Waals surface area contributed by atoms with Crippen molar-refractivity contribution in [3.05, 3.63) is 53.9 Å². The van der Waals surface area contributed by atoms with Crippen molar-refractivity contribution in [1.29, 1.82) is 0 Å². The zero-order valence-corrected chi connectivity index (χ0v) is 15.8. The Labute approximate surface area is 154 Å². The van der Waals surface area contributed by atoms with E-state index in [1.165, 1.54) is 6.20 Å². The van der Waals surface area contributed by atoms with Gasteiger partial charge < -0.3 is 10.2 Å². The second-order valence-electron chi connectivity index (χ2n) is 6.59. The Morgan fingerprint density at radius 1 is 1.27 bits per heavy atom. The van der Waals surface area contributed by atoms with Crippen LogP contribution in [0.5, 0.6) is 0 Å². The fourth-order valence-corrected chi connectivity index (χ4v) is 4.86. The summed E-state index contributed by atoms with van der Waals surface area (Å²) in [5.41, 5.74) is 3.45.